The van der Waals surface area contributed by atoms with Crippen LogP contribution >= 0.6 is 0 Å². The highest BCUT2D eigenvalue weighted by Crippen LogP contribution is 2.23. The smallest absolute Gasteiger partial charge is 0.225 e. The number of piperidine rings is 1. The number of benzene rings is 1. The van der Waals surface area contributed by atoms with Crippen molar-refractivity contribution in [3.05, 3.63) is 29.8 Å². The van der Waals surface area contributed by atoms with E-state index in [1.807, 2.05) is 4.90 Å². The summed E-state index contributed by atoms with van der Waals surface area (Å²) in [6, 6.07) is 8.45. The van der Waals surface area contributed by atoms with Gasteiger partial charge in [0.1, 0.15) is 0 Å². The molecule has 2 fully saturated rings. The number of nitrogens with zero attached hydrogens (tertiary/aromatic N) is 3. The minimum Gasteiger partial charge on any atom is -0.368 e. The van der Waals surface area contributed by atoms with Crippen LogP contribution in [0.4, 0.5) is 5.69 Å². The van der Waals surface area contributed by atoms with Gasteiger partial charge in [-0.05, 0) is 37.5 Å². The number of aryl methyl sites for hydroxylation is 1. The molecule has 0 spiro atoms. The Morgan fingerprint density at radius 1 is 1.04 bits per heavy atom. The summed E-state index contributed by atoms with van der Waals surface area (Å²) in [5, 5.41) is 0. The number of hydrogen-bond acceptors (Lipinski definition) is 4. The van der Waals surface area contributed by atoms with E-state index in [0.29, 0.717) is 25.9 Å². The van der Waals surface area contributed by atoms with E-state index in [2.05, 4.69) is 36.1 Å². The van der Waals surface area contributed by atoms with E-state index < -0.39 is 10.0 Å². The van der Waals surface area contributed by atoms with Crippen LogP contribution in [0.25, 0.3) is 0 Å². The molecule has 0 aromatic heterocycles. The maximum Gasteiger partial charge on any atom is 0.225 e. The predicted molar refractivity (Wildman–Crippen MR) is 99.1 cm³/mol. The fourth-order valence-electron chi connectivity index (χ4n) is 3.70. The first-order valence-electron chi connectivity index (χ1n) is 8.90. The largest absolute Gasteiger partial charge is 0.368 e. The Labute approximate surface area is 150 Å². The van der Waals surface area contributed by atoms with Gasteiger partial charge < -0.3 is 9.80 Å². The first-order valence-corrected chi connectivity index (χ1v) is 10.7. The number of piperazine rings is 1. The Morgan fingerprint density at radius 3 is 2.24 bits per heavy atom. The van der Waals surface area contributed by atoms with Crippen molar-refractivity contribution in [1.29, 1.82) is 0 Å². The van der Waals surface area contributed by atoms with Gasteiger partial charge in [0.15, 0.2) is 0 Å². The van der Waals surface area contributed by atoms with Crippen LogP contribution in [-0.2, 0) is 14.8 Å². The lowest BCUT2D eigenvalue weighted by Gasteiger charge is -2.39. The Hall–Kier alpha value is -1.60. The molecule has 1 amide bonds. The van der Waals surface area contributed by atoms with Crippen molar-refractivity contribution in [1.82, 2.24) is 9.21 Å². The van der Waals surface area contributed by atoms with Crippen molar-refractivity contribution in [2.45, 2.75) is 19.8 Å². The fourth-order valence-corrected chi connectivity index (χ4v) is 4.58. The van der Waals surface area contributed by atoms with Crippen molar-refractivity contribution < 1.29 is 13.2 Å². The molecule has 2 aliphatic rings. The zero-order valence-corrected chi connectivity index (χ0v) is 15.8. The average molecular weight is 365 g/mol. The number of carbonyl (C=O) groups excluding carboxylic acids is 1. The van der Waals surface area contributed by atoms with Crippen LogP contribution in [0.5, 0.6) is 0 Å². The molecule has 138 valence electrons. The van der Waals surface area contributed by atoms with E-state index >= 15 is 0 Å². The van der Waals surface area contributed by atoms with E-state index in [-0.39, 0.29) is 11.8 Å². The van der Waals surface area contributed by atoms with E-state index in [0.717, 1.165) is 26.2 Å². The summed E-state index contributed by atoms with van der Waals surface area (Å²) in [4.78, 5) is 17.0. The Balaban J connectivity index is 1.52. The lowest BCUT2D eigenvalue weighted by Crippen LogP contribution is -2.52. The molecule has 2 aliphatic heterocycles. The number of anilines is 1. The number of hydrogen-bond donors (Lipinski definition) is 0. The molecule has 0 atom stereocenters. The van der Waals surface area contributed by atoms with Crippen LogP contribution in [-0.4, -0.2) is 69.1 Å². The monoisotopic (exact) mass is 365 g/mol. The number of rotatable bonds is 3. The lowest BCUT2D eigenvalue weighted by molar-refractivity contribution is -0.137. The van der Waals surface area contributed by atoms with Crippen molar-refractivity contribution in [3.8, 4) is 0 Å². The highest BCUT2D eigenvalue weighted by Gasteiger charge is 2.32. The normalized spacial score (nSPS) is 20.7. The van der Waals surface area contributed by atoms with Crippen LogP contribution in [0.3, 0.4) is 0 Å². The molecule has 3 rings (SSSR count). The third-order valence-electron chi connectivity index (χ3n) is 5.23. The number of amides is 1. The van der Waals surface area contributed by atoms with Crippen LogP contribution in [0.1, 0.15) is 18.4 Å². The molecule has 0 N–H and O–H groups in total. The second kappa shape index (κ2) is 7.33. The molecule has 0 bridgehead atoms. The van der Waals surface area contributed by atoms with Crippen LogP contribution in [0.2, 0.25) is 0 Å². The first kappa shape index (κ1) is 18.2. The lowest BCUT2D eigenvalue weighted by atomic mass is 9.96. The van der Waals surface area contributed by atoms with E-state index in [1.54, 1.807) is 0 Å². The minimum absolute atomic E-state index is 0.0384. The highest BCUT2D eigenvalue weighted by atomic mass is 32.2. The van der Waals surface area contributed by atoms with Gasteiger partial charge in [-0.1, -0.05) is 12.1 Å². The molecule has 0 unspecified atom stereocenters. The number of carbonyl (C=O) groups is 1. The fraction of sp³-hybridized carbons (Fsp3) is 0.611. The molecule has 2 saturated heterocycles. The molecular weight excluding hydrogens is 338 g/mol. The van der Waals surface area contributed by atoms with Gasteiger partial charge in [0, 0.05) is 50.9 Å². The molecule has 1 aromatic carbocycles. The maximum atomic E-state index is 12.7. The molecule has 0 aliphatic carbocycles. The van der Waals surface area contributed by atoms with Crippen LogP contribution in [0.15, 0.2) is 24.3 Å². The van der Waals surface area contributed by atoms with Gasteiger partial charge in [-0.15, -0.1) is 0 Å². The summed E-state index contributed by atoms with van der Waals surface area (Å²) < 4.78 is 24.6. The predicted octanol–water partition coefficient (Wildman–Crippen LogP) is 1.32. The standard InChI is InChI=1S/C18H27N3O3S/c1-15-4-3-5-17(14-15)19-10-12-20(13-11-19)18(22)16-6-8-21(9-7-16)25(2,23)24/h3-5,14,16H,6-13H2,1-2H3. The Kier molecular flexibility index (Phi) is 5.34. The van der Waals surface area contributed by atoms with Gasteiger partial charge in [-0.3, -0.25) is 4.79 Å². The van der Waals surface area contributed by atoms with Gasteiger partial charge in [0.25, 0.3) is 0 Å². The zero-order chi connectivity index (χ0) is 18.0. The summed E-state index contributed by atoms with van der Waals surface area (Å²) in [5.74, 6) is 0.153. The van der Waals surface area contributed by atoms with Gasteiger partial charge in [0.05, 0.1) is 6.26 Å². The van der Waals surface area contributed by atoms with E-state index in [1.165, 1.54) is 21.8 Å². The molecule has 7 heteroatoms. The highest BCUT2D eigenvalue weighted by molar-refractivity contribution is 7.88. The SMILES string of the molecule is Cc1cccc(N2CCN(C(=O)C3CCN(S(C)(=O)=O)CC3)CC2)c1. The second-order valence-electron chi connectivity index (χ2n) is 7.09. The van der Waals surface area contributed by atoms with Gasteiger partial charge in [0.2, 0.25) is 15.9 Å². The van der Waals surface area contributed by atoms with E-state index in [9.17, 15) is 13.2 Å². The summed E-state index contributed by atoms with van der Waals surface area (Å²) in [7, 11) is -3.14. The van der Waals surface area contributed by atoms with Gasteiger partial charge >= 0.3 is 0 Å². The van der Waals surface area contributed by atoms with Gasteiger partial charge in [-0.25, -0.2) is 12.7 Å². The number of sulfonamides is 1. The molecular formula is C18H27N3O3S. The summed E-state index contributed by atoms with van der Waals surface area (Å²) >= 11 is 0. The quantitative estimate of drug-likeness (QED) is 0.810. The maximum absolute atomic E-state index is 12.7. The van der Waals surface area contributed by atoms with Crippen molar-refractivity contribution in [3.63, 3.8) is 0 Å². The van der Waals surface area contributed by atoms with Crippen molar-refractivity contribution >= 4 is 21.6 Å². The third kappa shape index (κ3) is 4.33. The molecule has 0 radical (unpaired) electrons. The molecule has 6 nitrogen and oxygen atoms in total. The summed E-state index contributed by atoms with van der Waals surface area (Å²) in [5.41, 5.74) is 2.46. The third-order valence-corrected chi connectivity index (χ3v) is 6.53. The summed E-state index contributed by atoms with van der Waals surface area (Å²) in [6.45, 7) is 6.16. The molecule has 1 aromatic rings. The molecule has 0 saturated carbocycles. The van der Waals surface area contributed by atoms with Crippen molar-refractivity contribution in [2.75, 3.05) is 50.4 Å². The van der Waals surface area contributed by atoms with Gasteiger partial charge in [-0.2, -0.15) is 0 Å². The van der Waals surface area contributed by atoms with Crippen LogP contribution < -0.4 is 4.90 Å². The molecule has 25 heavy (non-hydrogen) atoms. The van der Waals surface area contributed by atoms with Crippen molar-refractivity contribution in [2.24, 2.45) is 5.92 Å². The molecule has 2 heterocycles. The van der Waals surface area contributed by atoms with Crippen LogP contribution in [0, 0.1) is 12.8 Å². The topological polar surface area (TPSA) is 60.9 Å². The minimum atomic E-state index is -3.14. The average Bonchev–Trinajstić information content (AvgIpc) is 2.61. The Morgan fingerprint density at radius 2 is 1.68 bits per heavy atom. The Bertz CT molecular complexity index is 719. The first-order chi connectivity index (χ1) is 11.8. The zero-order valence-electron chi connectivity index (χ0n) is 15.0. The van der Waals surface area contributed by atoms with E-state index in [4.69, 9.17) is 0 Å². The summed E-state index contributed by atoms with van der Waals surface area (Å²) in [6.07, 6.45) is 2.49. The second-order valence-corrected chi connectivity index (χ2v) is 9.07.